The van der Waals surface area contributed by atoms with Gasteiger partial charge in [-0.2, -0.15) is 0 Å². The lowest BCUT2D eigenvalue weighted by Gasteiger charge is -2.28. The van der Waals surface area contributed by atoms with E-state index in [2.05, 4.69) is 4.72 Å². The predicted molar refractivity (Wildman–Crippen MR) is 70.0 cm³/mol. The number of rotatable bonds is 6. The predicted octanol–water partition coefficient (Wildman–Crippen LogP) is 0.716. The summed E-state index contributed by atoms with van der Waals surface area (Å²) in [5.74, 6) is 0. The Morgan fingerprint density at radius 3 is 2.47 bits per heavy atom. The molecule has 2 atom stereocenters. The third-order valence-electron chi connectivity index (χ3n) is 2.81. The number of hydrogen-bond acceptors (Lipinski definition) is 5. The van der Waals surface area contributed by atoms with Gasteiger partial charge in [0.1, 0.15) is 0 Å². The second kappa shape index (κ2) is 6.04. The lowest BCUT2D eigenvalue weighted by atomic mass is 9.86. The lowest BCUT2D eigenvalue weighted by molar-refractivity contribution is 0.0420. The Labute approximate surface area is 113 Å². The van der Waals surface area contributed by atoms with Crippen LogP contribution in [-0.4, -0.2) is 37.4 Å². The van der Waals surface area contributed by atoms with Crippen molar-refractivity contribution in [2.45, 2.75) is 44.4 Å². The van der Waals surface area contributed by atoms with Crippen LogP contribution in [0.2, 0.25) is 0 Å². The van der Waals surface area contributed by atoms with Crippen LogP contribution in [0.1, 0.15) is 27.2 Å². The topological polar surface area (TPSA) is 99.8 Å². The van der Waals surface area contributed by atoms with Crippen LogP contribution in [0.25, 0.3) is 0 Å². The summed E-state index contributed by atoms with van der Waals surface area (Å²) in [5, 5.41) is 19.0. The summed E-state index contributed by atoms with van der Waals surface area (Å²) in [5.41, 5.74) is -0.385. The van der Waals surface area contributed by atoms with E-state index in [1.807, 2.05) is 20.8 Å². The fourth-order valence-corrected chi connectivity index (χ4v) is 2.64. The maximum Gasteiger partial charge on any atom is 0.274 e. The molecule has 7 heteroatoms. The summed E-state index contributed by atoms with van der Waals surface area (Å²) >= 11 is 0. The SMILES string of the molecule is CC(C)(C)[C@@H](O)C[C@H](CO)NS(=O)(=O)c1ccco1. The molecule has 110 valence electrons. The molecule has 19 heavy (non-hydrogen) atoms. The van der Waals surface area contributed by atoms with Crippen LogP contribution in [-0.2, 0) is 10.0 Å². The monoisotopic (exact) mass is 291 g/mol. The first-order valence-corrected chi connectivity index (χ1v) is 7.50. The summed E-state index contributed by atoms with van der Waals surface area (Å²) < 4.78 is 30.9. The van der Waals surface area contributed by atoms with Gasteiger partial charge in [-0.05, 0) is 24.0 Å². The summed E-state index contributed by atoms with van der Waals surface area (Å²) in [6.07, 6.45) is 0.649. The van der Waals surface area contributed by atoms with Crippen LogP contribution in [0.4, 0.5) is 0 Å². The molecule has 3 N–H and O–H groups in total. The third-order valence-corrected chi connectivity index (χ3v) is 4.22. The molecule has 6 nitrogen and oxygen atoms in total. The van der Waals surface area contributed by atoms with Gasteiger partial charge in [0.15, 0.2) is 0 Å². The highest BCUT2D eigenvalue weighted by Crippen LogP contribution is 2.23. The van der Waals surface area contributed by atoms with E-state index >= 15 is 0 Å². The van der Waals surface area contributed by atoms with Gasteiger partial charge in [0.2, 0.25) is 5.09 Å². The Hall–Kier alpha value is -0.890. The zero-order valence-corrected chi connectivity index (χ0v) is 12.1. The molecule has 0 saturated heterocycles. The van der Waals surface area contributed by atoms with Crippen molar-refractivity contribution in [2.24, 2.45) is 5.41 Å². The minimum absolute atomic E-state index is 0.125. The van der Waals surface area contributed by atoms with Gasteiger partial charge in [-0.1, -0.05) is 20.8 Å². The number of aliphatic hydroxyl groups is 2. The van der Waals surface area contributed by atoms with Crippen LogP contribution in [0.3, 0.4) is 0 Å². The van der Waals surface area contributed by atoms with Gasteiger partial charge in [-0.25, -0.2) is 13.1 Å². The van der Waals surface area contributed by atoms with Crippen molar-refractivity contribution < 1.29 is 23.0 Å². The first-order valence-electron chi connectivity index (χ1n) is 6.01. The van der Waals surface area contributed by atoms with Gasteiger partial charge in [0.25, 0.3) is 10.0 Å². The average molecular weight is 291 g/mol. The van der Waals surface area contributed by atoms with E-state index in [1.54, 1.807) is 0 Å². The molecular formula is C12H21NO5S. The molecule has 1 aromatic heterocycles. The highest BCUT2D eigenvalue weighted by atomic mass is 32.2. The molecule has 0 spiro atoms. The summed E-state index contributed by atoms with van der Waals surface area (Å²) in [7, 11) is -3.81. The van der Waals surface area contributed by atoms with Crippen molar-refractivity contribution in [3.8, 4) is 0 Å². The van der Waals surface area contributed by atoms with E-state index in [-0.39, 0.29) is 16.9 Å². The zero-order valence-electron chi connectivity index (χ0n) is 11.3. The Morgan fingerprint density at radius 2 is 2.05 bits per heavy atom. The van der Waals surface area contributed by atoms with E-state index in [4.69, 9.17) is 4.42 Å². The van der Waals surface area contributed by atoms with E-state index in [0.29, 0.717) is 0 Å². The normalized spacial score (nSPS) is 16.3. The van der Waals surface area contributed by atoms with Crippen LogP contribution in [0.15, 0.2) is 27.9 Å². The molecular weight excluding hydrogens is 270 g/mol. The average Bonchev–Trinajstić information content (AvgIpc) is 2.80. The first kappa shape index (κ1) is 16.2. The molecule has 1 aromatic rings. The van der Waals surface area contributed by atoms with Crippen LogP contribution in [0, 0.1) is 5.41 Å². The fourth-order valence-electron chi connectivity index (χ4n) is 1.48. The van der Waals surface area contributed by atoms with E-state index in [9.17, 15) is 18.6 Å². The number of nitrogens with one attached hydrogen (secondary N) is 1. The van der Waals surface area contributed by atoms with Crippen molar-refractivity contribution in [1.29, 1.82) is 0 Å². The van der Waals surface area contributed by atoms with Crippen molar-refractivity contribution in [1.82, 2.24) is 4.72 Å². The largest absolute Gasteiger partial charge is 0.452 e. The second-order valence-electron chi connectivity index (χ2n) is 5.55. The van der Waals surface area contributed by atoms with Crippen LogP contribution in [0.5, 0.6) is 0 Å². The van der Waals surface area contributed by atoms with Crippen molar-refractivity contribution >= 4 is 10.0 Å². The molecule has 0 aliphatic rings. The highest BCUT2D eigenvalue weighted by Gasteiger charge is 2.28. The summed E-state index contributed by atoms with van der Waals surface area (Å²) in [6, 6.07) is 2.02. The van der Waals surface area contributed by atoms with Crippen molar-refractivity contribution in [2.75, 3.05) is 6.61 Å². The minimum atomic E-state index is -3.81. The fraction of sp³-hybridized carbons (Fsp3) is 0.667. The first-order chi connectivity index (χ1) is 8.66. The van der Waals surface area contributed by atoms with Gasteiger partial charge < -0.3 is 14.6 Å². The molecule has 1 rings (SSSR count). The third kappa shape index (κ3) is 4.61. The van der Waals surface area contributed by atoms with Crippen LogP contribution >= 0.6 is 0 Å². The molecule has 0 radical (unpaired) electrons. The summed E-state index contributed by atoms with van der Waals surface area (Å²) in [6.45, 7) is 5.13. The molecule has 0 aliphatic heterocycles. The van der Waals surface area contributed by atoms with E-state index in [0.717, 1.165) is 0 Å². The lowest BCUT2D eigenvalue weighted by Crippen LogP contribution is -2.42. The zero-order chi connectivity index (χ0) is 14.7. The number of sulfonamides is 1. The Bertz CT molecular complexity index is 475. The van der Waals surface area contributed by atoms with E-state index < -0.39 is 28.8 Å². The van der Waals surface area contributed by atoms with Crippen molar-refractivity contribution in [3.63, 3.8) is 0 Å². The quantitative estimate of drug-likeness (QED) is 0.717. The molecule has 0 bridgehead atoms. The van der Waals surface area contributed by atoms with Gasteiger partial charge in [-0.3, -0.25) is 0 Å². The highest BCUT2D eigenvalue weighted by molar-refractivity contribution is 7.89. The molecule has 0 aromatic carbocycles. The number of hydrogen-bond donors (Lipinski definition) is 3. The standard InChI is InChI=1S/C12H21NO5S/c1-12(2,3)10(15)7-9(8-14)13-19(16,17)11-5-4-6-18-11/h4-6,9-10,13-15H,7-8H2,1-3H3/t9-,10+/m1/s1. The van der Waals surface area contributed by atoms with Gasteiger partial charge >= 0.3 is 0 Å². The molecule has 0 fully saturated rings. The number of furan rings is 1. The Balaban J connectivity index is 2.73. The van der Waals surface area contributed by atoms with Gasteiger partial charge in [0, 0.05) is 6.04 Å². The molecule has 0 saturated carbocycles. The molecule has 0 unspecified atom stereocenters. The smallest absolute Gasteiger partial charge is 0.274 e. The maximum absolute atomic E-state index is 11.9. The maximum atomic E-state index is 11.9. The second-order valence-corrected chi connectivity index (χ2v) is 7.20. The Morgan fingerprint density at radius 1 is 1.42 bits per heavy atom. The van der Waals surface area contributed by atoms with E-state index in [1.165, 1.54) is 18.4 Å². The Kier molecular flexibility index (Phi) is 5.14. The van der Waals surface area contributed by atoms with Crippen LogP contribution < -0.4 is 4.72 Å². The van der Waals surface area contributed by atoms with Gasteiger partial charge in [0.05, 0.1) is 19.0 Å². The molecule has 0 aliphatic carbocycles. The summed E-state index contributed by atoms with van der Waals surface area (Å²) in [4.78, 5) is 0. The molecule has 1 heterocycles. The van der Waals surface area contributed by atoms with Gasteiger partial charge in [-0.15, -0.1) is 0 Å². The molecule has 0 amide bonds. The minimum Gasteiger partial charge on any atom is -0.452 e. The van der Waals surface area contributed by atoms with Crippen molar-refractivity contribution in [3.05, 3.63) is 18.4 Å². The number of aliphatic hydroxyl groups excluding tert-OH is 2.